The molecular formula is C15H14ClF3N4OS. The van der Waals surface area contributed by atoms with E-state index < -0.39 is 33.9 Å². The number of ketones is 1. The number of alkyl halides is 3. The van der Waals surface area contributed by atoms with Gasteiger partial charge in [0.15, 0.2) is 5.69 Å². The molecule has 25 heavy (non-hydrogen) atoms. The Morgan fingerprint density at radius 1 is 1.40 bits per heavy atom. The zero-order valence-corrected chi connectivity index (χ0v) is 15.3. The van der Waals surface area contributed by atoms with Crippen molar-refractivity contribution in [1.29, 1.82) is 5.26 Å². The van der Waals surface area contributed by atoms with E-state index in [1.807, 2.05) is 20.8 Å². The molecule has 5 nitrogen and oxygen atoms in total. The van der Waals surface area contributed by atoms with Gasteiger partial charge in [0.2, 0.25) is 5.78 Å². The van der Waals surface area contributed by atoms with Gasteiger partial charge in [-0.2, -0.15) is 23.5 Å². The zero-order valence-electron chi connectivity index (χ0n) is 13.7. The van der Waals surface area contributed by atoms with Crippen molar-refractivity contribution >= 4 is 29.1 Å². The molecule has 1 aromatic heterocycles. The van der Waals surface area contributed by atoms with E-state index in [0.717, 1.165) is 22.1 Å². The van der Waals surface area contributed by atoms with Crippen LogP contribution in [0.25, 0.3) is 0 Å². The van der Waals surface area contributed by atoms with Gasteiger partial charge in [0.25, 0.3) is 0 Å². The van der Waals surface area contributed by atoms with Crippen LogP contribution in [0.2, 0.25) is 5.15 Å². The Balaban J connectivity index is 2.51. The highest BCUT2D eigenvalue weighted by Crippen LogP contribution is 2.39. The minimum Gasteiger partial charge on any atom is -0.351 e. The molecule has 0 bridgehead atoms. The monoisotopic (exact) mass is 390 g/mol. The maximum absolute atomic E-state index is 13.1. The van der Waals surface area contributed by atoms with Crippen LogP contribution in [-0.2, 0) is 13.2 Å². The molecule has 2 heterocycles. The van der Waals surface area contributed by atoms with Crippen LogP contribution in [0.15, 0.2) is 21.7 Å². The highest BCUT2D eigenvalue weighted by atomic mass is 35.5. The predicted molar refractivity (Wildman–Crippen MR) is 88.5 cm³/mol. The number of nitrogens with one attached hydrogen (secondary N) is 1. The average molecular weight is 391 g/mol. The van der Waals surface area contributed by atoms with Crippen molar-refractivity contribution in [1.82, 2.24) is 15.1 Å². The number of nitrogens with zero attached hydrogens (tertiary/aromatic N) is 3. The summed E-state index contributed by atoms with van der Waals surface area (Å²) in [4.78, 5) is 12.6. The lowest BCUT2D eigenvalue weighted by atomic mass is 9.93. The third kappa shape index (κ3) is 3.70. The smallest absolute Gasteiger partial charge is 0.351 e. The Kier molecular flexibility index (Phi) is 4.99. The molecule has 1 aliphatic heterocycles. The molecule has 0 unspecified atom stereocenters. The second kappa shape index (κ2) is 6.42. The molecule has 0 fully saturated rings. The number of carbonyl (C=O) groups is 1. The number of Topliss-reactive ketones (excluding diaryl/α,β-unsaturated/α-hetero) is 1. The molecule has 0 saturated carbocycles. The number of rotatable bonds is 2. The number of hydrogen-bond acceptors (Lipinski definition) is 5. The lowest BCUT2D eigenvalue weighted by molar-refractivity contribution is -0.141. The van der Waals surface area contributed by atoms with Gasteiger partial charge in [-0.05, 0) is 5.41 Å². The lowest BCUT2D eigenvalue weighted by Gasteiger charge is -2.20. The summed E-state index contributed by atoms with van der Waals surface area (Å²) in [6.07, 6.45) is -4.87. The first-order valence-corrected chi connectivity index (χ1v) is 8.26. The molecule has 10 heteroatoms. The van der Waals surface area contributed by atoms with Crippen LogP contribution in [0.1, 0.15) is 36.8 Å². The number of nitriles is 1. The highest BCUT2D eigenvalue weighted by molar-refractivity contribution is 8.06. The Hall–Kier alpha value is -1.92. The molecule has 1 aromatic rings. The first kappa shape index (κ1) is 19.4. The van der Waals surface area contributed by atoms with Gasteiger partial charge in [-0.15, -0.1) is 0 Å². The Morgan fingerprint density at radius 3 is 2.44 bits per heavy atom. The SMILES string of the molecule is Cn1nc(C(F)(F)F)c(C(=O)C(C#N)=C2NC(C(C)(C)C)=CS2)c1Cl. The summed E-state index contributed by atoms with van der Waals surface area (Å²) in [6, 6.07) is 1.68. The number of carbonyl (C=O) groups excluding carboxylic acids is 1. The fraction of sp³-hybridized carbons (Fsp3) is 0.400. The molecule has 0 aliphatic carbocycles. The normalized spacial score (nSPS) is 17.0. The number of allylic oxidation sites excluding steroid dienone is 2. The molecule has 0 atom stereocenters. The first-order chi connectivity index (χ1) is 11.4. The van der Waals surface area contributed by atoms with Crippen molar-refractivity contribution in [3.8, 4) is 6.07 Å². The van der Waals surface area contributed by atoms with Gasteiger partial charge in [-0.3, -0.25) is 9.48 Å². The minimum absolute atomic E-state index is 0.172. The number of thioether (sulfide) groups is 1. The van der Waals surface area contributed by atoms with E-state index in [9.17, 15) is 23.2 Å². The van der Waals surface area contributed by atoms with Crippen LogP contribution in [0.4, 0.5) is 13.2 Å². The summed E-state index contributed by atoms with van der Waals surface area (Å²) >= 11 is 6.90. The molecule has 0 spiro atoms. The Morgan fingerprint density at radius 2 is 2.00 bits per heavy atom. The summed E-state index contributed by atoms with van der Waals surface area (Å²) in [7, 11) is 1.19. The number of hydrogen-bond donors (Lipinski definition) is 1. The topological polar surface area (TPSA) is 70.7 Å². The fourth-order valence-electron chi connectivity index (χ4n) is 2.02. The molecule has 0 amide bonds. The number of halogens is 4. The van der Waals surface area contributed by atoms with Gasteiger partial charge in [-0.1, -0.05) is 44.1 Å². The standard InChI is InChI=1S/C15H14ClF3N4OS/c1-14(2,3)8-6-25-13(21-8)7(5-20)10(24)9-11(15(17,18)19)22-23(4)12(9)16/h6,21H,1-4H3. The van der Waals surface area contributed by atoms with Gasteiger partial charge in [-0.25, -0.2) is 0 Å². The molecule has 1 aliphatic rings. The maximum Gasteiger partial charge on any atom is 0.435 e. The second-order valence-corrected chi connectivity index (χ2v) is 7.54. The minimum atomic E-state index is -4.87. The Bertz CT molecular complexity index is 841. The second-order valence-electron chi connectivity index (χ2n) is 6.31. The first-order valence-electron chi connectivity index (χ1n) is 7.01. The number of aryl methyl sites for hydroxylation is 1. The third-order valence-corrected chi connectivity index (χ3v) is 4.72. The van der Waals surface area contributed by atoms with Crippen LogP contribution in [0.5, 0.6) is 0 Å². The van der Waals surface area contributed by atoms with Crippen molar-refractivity contribution in [3.63, 3.8) is 0 Å². The van der Waals surface area contributed by atoms with Gasteiger partial charge in [0.05, 0.1) is 10.6 Å². The van der Waals surface area contributed by atoms with E-state index in [-0.39, 0.29) is 10.4 Å². The van der Waals surface area contributed by atoms with Crippen molar-refractivity contribution in [2.24, 2.45) is 12.5 Å². The van der Waals surface area contributed by atoms with E-state index in [1.54, 1.807) is 11.5 Å². The van der Waals surface area contributed by atoms with Crippen molar-refractivity contribution in [2.45, 2.75) is 26.9 Å². The van der Waals surface area contributed by atoms with E-state index in [1.165, 1.54) is 7.05 Å². The highest BCUT2D eigenvalue weighted by Gasteiger charge is 2.42. The zero-order chi connectivity index (χ0) is 19.2. The van der Waals surface area contributed by atoms with Crippen molar-refractivity contribution in [3.05, 3.63) is 38.1 Å². The maximum atomic E-state index is 13.1. The third-order valence-electron chi connectivity index (χ3n) is 3.39. The van der Waals surface area contributed by atoms with E-state index in [4.69, 9.17) is 11.6 Å². The van der Waals surface area contributed by atoms with Crippen LogP contribution >= 0.6 is 23.4 Å². The summed E-state index contributed by atoms with van der Waals surface area (Å²) in [5, 5.41) is 16.9. The molecule has 2 rings (SSSR count). The van der Waals surface area contributed by atoms with Crippen molar-refractivity contribution in [2.75, 3.05) is 0 Å². The summed E-state index contributed by atoms with van der Waals surface area (Å²) in [5.74, 6) is -1.12. The summed E-state index contributed by atoms with van der Waals surface area (Å²) < 4.78 is 40.2. The number of aromatic nitrogens is 2. The van der Waals surface area contributed by atoms with Gasteiger partial charge >= 0.3 is 6.18 Å². The molecular weight excluding hydrogens is 377 g/mol. The fourth-order valence-corrected chi connectivity index (χ4v) is 3.30. The van der Waals surface area contributed by atoms with Gasteiger partial charge in [0.1, 0.15) is 16.8 Å². The average Bonchev–Trinajstić information content (AvgIpc) is 3.05. The van der Waals surface area contributed by atoms with Crippen LogP contribution in [-0.4, -0.2) is 15.6 Å². The van der Waals surface area contributed by atoms with Gasteiger partial charge in [0, 0.05) is 18.2 Å². The van der Waals surface area contributed by atoms with Crippen LogP contribution in [0, 0.1) is 16.7 Å². The van der Waals surface area contributed by atoms with Crippen LogP contribution < -0.4 is 5.32 Å². The molecule has 0 radical (unpaired) electrons. The molecule has 134 valence electrons. The molecule has 1 N–H and O–H groups in total. The van der Waals surface area contributed by atoms with Crippen molar-refractivity contribution < 1.29 is 18.0 Å². The molecule has 0 aromatic carbocycles. The van der Waals surface area contributed by atoms with E-state index in [2.05, 4.69) is 10.4 Å². The van der Waals surface area contributed by atoms with E-state index in [0.29, 0.717) is 0 Å². The van der Waals surface area contributed by atoms with Crippen LogP contribution in [0.3, 0.4) is 0 Å². The molecule has 0 saturated heterocycles. The predicted octanol–water partition coefficient (Wildman–Crippen LogP) is 4.23. The summed E-state index contributed by atoms with van der Waals surface area (Å²) in [6.45, 7) is 5.76. The van der Waals surface area contributed by atoms with E-state index >= 15 is 0 Å². The Labute approximate surface area is 151 Å². The largest absolute Gasteiger partial charge is 0.435 e. The summed E-state index contributed by atoms with van der Waals surface area (Å²) in [5.41, 5.74) is -2.21. The lowest BCUT2D eigenvalue weighted by Crippen LogP contribution is -2.22. The quantitative estimate of drug-likeness (QED) is 0.464. The van der Waals surface area contributed by atoms with Gasteiger partial charge < -0.3 is 5.32 Å².